The molecule has 1 unspecified atom stereocenters. The van der Waals surface area contributed by atoms with Gasteiger partial charge in [0.1, 0.15) is 11.7 Å². The zero-order valence-corrected chi connectivity index (χ0v) is 12.4. The lowest BCUT2D eigenvalue weighted by Crippen LogP contribution is -2.12. The summed E-state index contributed by atoms with van der Waals surface area (Å²) in [5, 5.41) is 7.26. The summed E-state index contributed by atoms with van der Waals surface area (Å²) in [6, 6.07) is 4.57. The predicted octanol–water partition coefficient (Wildman–Crippen LogP) is 3.99. The van der Waals surface area contributed by atoms with Gasteiger partial charge in [0, 0.05) is 11.1 Å². The monoisotopic (exact) mass is 280 g/mol. The third kappa shape index (κ3) is 5.70. The van der Waals surface area contributed by atoms with Crippen molar-refractivity contribution in [3.63, 3.8) is 0 Å². The number of nitrogens with two attached hydrogens (primary N) is 1. The SMILES string of the molecule is CCCCCCC(C)OCc1ccc(C(=N)N)cc1F. The van der Waals surface area contributed by atoms with Crippen LogP contribution in [-0.4, -0.2) is 11.9 Å². The van der Waals surface area contributed by atoms with Crippen molar-refractivity contribution in [3.8, 4) is 0 Å². The molecule has 20 heavy (non-hydrogen) atoms. The Balaban J connectivity index is 2.39. The van der Waals surface area contributed by atoms with Crippen LogP contribution in [0.2, 0.25) is 0 Å². The fourth-order valence-electron chi connectivity index (χ4n) is 2.01. The lowest BCUT2D eigenvalue weighted by atomic mass is 10.1. The number of amidine groups is 1. The zero-order chi connectivity index (χ0) is 15.0. The third-order valence-electron chi connectivity index (χ3n) is 3.35. The van der Waals surface area contributed by atoms with Crippen LogP contribution in [0.5, 0.6) is 0 Å². The van der Waals surface area contributed by atoms with Crippen molar-refractivity contribution in [1.82, 2.24) is 0 Å². The standard InChI is InChI=1S/C16H25FN2O/c1-3-4-5-6-7-12(2)20-11-14-9-8-13(16(18)19)10-15(14)17/h8-10,12H,3-7,11H2,1-2H3,(H3,18,19). The number of unbranched alkanes of at least 4 members (excludes halogenated alkanes) is 3. The van der Waals surface area contributed by atoms with Gasteiger partial charge < -0.3 is 10.5 Å². The average Bonchev–Trinajstić information content (AvgIpc) is 2.42. The molecule has 0 bridgehead atoms. The van der Waals surface area contributed by atoms with Crippen LogP contribution in [0.1, 0.15) is 57.1 Å². The van der Waals surface area contributed by atoms with Crippen molar-refractivity contribution >= 4 is 5.84 Å². The molecule has 1 rings (SSSR count). The summed E-state index contributed by atoms with van der Waals surface area (Å²) in [6.45, 7) is 4.47. The van der Waals surface area contributed by atoms with Gasteiger partial charge in [-0.15, -0.1) is 0 Å². The normalized spacial score (nSPS) is 12.3. The molecular formula is C16H25FN2O. The van der Waals surface area contributed by atoms with E-state index in [4.69, 9.17) is 15.9 Å². The first-order valence-corrected chi connectivity index (χ1v) is 7.29. The molecule has 1 aromatic rings. The number of benzene rings is 1. The molecule has 0 aliphatic heterocycles. The Bertz CT molecular complexity index is 434. The molecule has 0 aliphatic rings. The second kappa shape index (κ2) is 8.69. The van der Waals surface area contributed by atoms with Gasteiger partial charge in [-0.25, -0.2) is 4.39 Å². The van der Waals surface area contributed by atoms with E-state index in [1.807, 2.05) is 6.92 Å². The first-order valence-electron chi connectivity index (χ1n) is 7.29. The Labute approximate surface area is 120 Å². The van der Waals surface area contributed by atoms with Crippen molar-refractivity contribution in [2.24, 2.45) is 5.73 Å². The number of ether oxygens (including phenoxy) is 1. The zero-order valence-electron chi connectivity index (χ0n) is 12.4. The third-order valence-corrected chi connectivity index (χ3v) is 3.35. The molecule has 0 amide bonds. The average molecular weight is 280 g/mol. The number of hydrogen-bond donors (Lipinski definition) is 2. The minimum Gasteiger partial charge on any atom is -0.384 e. The van der Waals surface area contributed by atoms with Crippen LogP contribution in [0, 0.1) is 11.2 Å². The molecule has 0 saturated heterocycles. The summed E-state index contributed by atoms with van der Waals surface area (Å²) in [6.07, 6.45) is 6.01. The number of rotatable bonds is 9. The number of nitrogen functional groups attached to an aromatic ring is 1. The van der Waals surface area contributed by atoms with E-state index in [2.05, 4.69) is 6.92 Å². The first-order chi connectivity index (χ1) is 9.54. The molecule has 1 aromatic carbocycles. The molecule has 0 aromatic heterocycles. The molecule has 3 N–H and O–H groups in total. The fraction of sp³-hybridized carbons (Fsp3) is 0.562. The van der Waals surface area contributed by atoms with Gasteiger partial charge in [0.2, 0.25) is 0 Å². The number of hydrogen-bond acceptors (Lipinski definition) is 2. The maximum Gasteiger partial charge on any atom is 0.129 e. The van der Waals surface area contributed by atoms with Crippen molar-refractivity contribution in [2.75, 3.05) is 0 Å². The number of halogens is 1. The Hall–Kier alpha value is -1.42. The van der Waals surface area contributed by atoms with Gasteiger partial charge in [0.05, 0.1) is 12.7 Å². The van der Waals surface area contributed by atoms with Crippen molar-refractivity contribution in [3.05, 3.63) is 35.1 Å². The number of nitrogens with one attached hydrogen (secondary N) is 1. The van der Waals surface area contributed by atoms with E-state index in [1.54, 1.807) is 12.1 Å². The lowest BCUT2D eigenvalue weighted by Gasteiger charge is -2.13. The summed E-state index contributed by atoms with van der Waals surface area (Å²) in [4.78, 5) is 0. The van der Waals surface area contributed by atoms with Crippen molar-refractivity contribution in [1.29, 1.82) is 5.41 Å². The highest BCUT2D eigenvalue weighted by molar-refractivity contribution is 5.94. The van der Waals surface area contributed by atoms with Gasteiger partial charge >= 0.3 is 0 Å². The molecular weight excluding hydrogens is 255 g/mol. The quantitative estimate of drug-likeness (QED) is 0.408. The smallest absolute Gasteiger partial charge is 0.129 e. The summed E-state index contributed by atoms with van der Waals surface area (Å²) in [5.74, 6) is -0.489. The molecule has 0 saturated carbocycles. The molecule has 3 nitrogen and oxygen atoms in total. The minimum atomic E-state index is -0.365. The summed E-state index contributed by atoms with van der Waals surface area (Å²) in [5.41, 5.74) is 6.23. The van der Waals surface area contributed by atoms with Crippen LogP contribution < -0.4 is 5.73 Å². The van der Waals surface area contributed by atoms with Crippen LogP contribution in [0.3, 0.4) is 0 Å². The predicted molar refractivity (Wildman–Crippen MR) is 80.4 cm³/mol. The van der Waals surface area contributed by atoms with Gasteiger partial charge in [-0.2, -0.15) is 0 Å². The van der Waals surface area contributed by atoms with E-state index >= 15 is 0 Å². The highest BCUT2D eigenvalue weighted by Crippen LogP contribution is 2.14. The van der Waals surface area contributed by atoms with Gasteiger partial charge in [0.15, 0.2) is 0 Å². The van der Waals surface area contributed by atoms with Gasteiger partial charge in [-0.1, -0.05) is 44.7 Å². The molecule has 0 radical (unpaired) electrons. The maximum absolute atomic E-state index is 13.8. The Morgan fingerprint density at radius 2 is 2.10 bits per heavy atom. The van der Waals surface area contributed by atoms with Crippen LogP contribution in [0.25, 0.3) is 0 Å². The van der Waals surface area contributed by atoms with Gasteiger partial charge in [0.25, 0.3) is 0 Å². The van der Waals surface area contributed by atoms with Gasteiger partial charge in [-0.05, 0) is 19.4 Å². The van der Waals surface area contributed by atoms with E-state index < -0.39 is 0 Å². The van der Waals surface area contributed by atoms with Crippen LogP contribution in [0.15, 0.2) is 18.2 Å². The lowest BCUT2D eigenvalue weighted by molar-refractivity contribution is 0.0443. The molecule has 1 atom stereocenters. The Kier molecular flexibility index (Phi) is 7.23. The van der Waals surface area contributed by atoms with E-state index in [-0.39, 0.29) is 24.4 Å². The molecule has 0 aliphatic carbocycles. The second-order valence-corrected chi connectivity index (χ2v) is 5.19. The van der Waals surface area contributed by atoms with Crippen LogP contribution >= 0.6 is 0 Å². The van der Waals surface area contributed by atoms with E-state index in [1.165, 1.54) is 25.3 Å². The van der Waals surface area contributed by atoms with E-state index in [0.29, 0.717) is 11.1 Å². The molecule has 112 valence electrons. The largest absolute Gasteiger partial charge is 0.384 e. The van der Waals surface area contributed by atoms with Crippen molar-refractivity contribution in [2.45, 2.75) is 58.7 Å². The highest BCUT2D eigenvalue weighted by Gasteiger charge is 2.08. The maximum atomic E-state index is 13.8. The Morgan fingerprint density at radius 1 is 1.35 bits per heavy atom. The Morgan fingerprint density at radius 3 is 2.70 bits per heavy atom. The van der Waals surface area contributed by atoms with E-state index in [0.717, 1.165) is 12.8 Å². The molecule has 4 heteroatoms. The summed E-state index contributed by atoms with van der Waals surface area (Å²) < 4.78 is 19.4. The summed E-state index contributed by atoms with van der Waals surface area (Å²) in [7, 11) is 0. The summed E-state index contributed by atoms with van der Waals surface area (Å²) >= 11 is 0. The first kappa shape index (κ1) is 16.6. The minimum absolute atomic E-state index is 0.124. The van der Waals surface area contributed by atoms with Crippen LogP contribution in [0.4, 0.5) is 4.39 Å². The molecule has 0 spiro atoms. The van der Waals surface area contributed by atoms with Crippen LogP contribution in [-0.2, 0) is 11.3 Å². The fourth-order valence-corrected chi connectivity index (χ4v) is 2.01. The topological polar surface area (TPSA) is 59.1 Å². The van der Waals surface area contributed by atoms with Gasteiger partial charge in [-0.3, -0.25) is 5.41 Å². The van der Waals surface area contributed by atoms with Crippen molar-refractivity contribution < 1.29 is 9.13 Å². The molecule has 0 heterocycles. The highest BCUT2D eigenvalue weighted by atomic mass is 19.1. The van der Waals surface area contributed by atoms with E-state index in [9.17, 15) is 4.39 Å². The second-order valence-electron chi connectivity index (χ2n) is 5.19. The molecule has 0 fully saturated rings.